The van der Waals surface area contributed by atoms with Gasteiger partial charge >= 0.3 is 0 Å². The Kier molecular flexibility index (Phi) is 3.93. The highest BCUT2D eigenvalue weighted by Crippen LogP contribution is 2.33. The zero-order chi connectivity index (χ0) is 13.2. The molecule has 1 fully saturated rings. The normalized spacial score (nSPS) is 28.1. The number of hydrogen-bond acceptors (Lipinski definition) is 3. The smallest absolute Gasteiger partial charge is 0.122 e. The van der Waals surface area contributed by atoms with E-state index in [0.29, 0.717) is 6.42 Å². The van der Waals surface area contributed by atoms with Crippen molar-refractivity contribution in [3.05, 3.63) is 29.3 Å². The standard InChI is InChI=1S/C15H23NO2/c1-11-3-4-14(18-2)12(9-11)10-15(17)7-5-13(16)6-8-15/h3-4,9,13,17H,5-8,10,16H2,1-2H3. The third-order valence-corrected chi connectivity index (χ3v) is 3.92. The summed E-state index contributed by atoms with van der Waals surface area (Å²) >= 11 is 0. The molecule has 18 heavy (non-hydrogen) atoms. The van der Waals surface area contributed by atoms with Crippen molar-refractivity contribution >= 4 is 0 Å². The summed E-state index contributed by atoms with van der Waals surface area (Å²) in [5.74, 6) is 0.865. The molecule has 0 spiro atoms. The van der Waals surface area contributed by atoms with Gasteiger partial charge in [0.25, 0.3) is 0 Å². The molecule has 0 aromatic heterocycles. The van der Waals surface area contributed by atoms with Gasteiger partial charge in [-0.05, 0) is 44.2 Å². The van der Waals surface area contributed by atoms with Crippen LogP contribution in [0.3, 0.4) is 0 Å². The number of rotatable bonds is 3. The van der Waals surface area contributed by atoms with E-state index in [1.54, 1.807) is 7.11 Å². The van der Waals surface area contributed by atoms with Crippen molar-refractivity contribution in [2.24, 2.45) is 5.73 Å². The van der Waals surface area contributed by atoms with E-state index in [1.807, 2.05) is 12.1 Å². The molecular formula is C15H23NO2. The molecule has 3 heteroatoms. The van der Waals surface area contributed by atoms with Crippen molar-refractivity contribution in [1.82, 2.24) is 0 Å². The van der Waals surface area contributed by atoms with Gasteiger partial charge < -0.3 is 15.6 Å². The minimum absolute atomic E-state index is 0.254. The molecule has 0 amide bonds. The first kappa shape index (κ1) is 13.4. The Morgan fingerprint density at radius 1 is 1.39 bits per heavy atom. The van der Waals surface area contributed by atoms with Gasteiger partial charge in [0.05, 0.1) is 12.7 Å². The van der Waals surface area contributed by atoms with E-state index in [-0.39, 0.29) is 6.04 Å². The molecule has 0 heterocycles. The average Bonchev–Trinajstić information content (AvgIpc) is 2.34. The quantitative estimate of drug-likeness (QED) is 0.863. The molecule has 0 unspecified atom stereocenters. The Hall–Kier alpha value is -1.06. The molecule has 1 aromatic carbocycles. The molecule has 0 radical (unpaired) electrons. The topological polar surface area (TPSA) is 55.5 Å². The summed E-state index contributed by atoms with van der Waals surface area (Å²) in [5.41, 5.74) is 7.57. The van der Waals surface area contributed by atoms with Crippen LogP contribution in [0.4, 0.5) is 0 Å². The summed E-state index contributed by atoms with van der Waals surface area (Å²) in [6.45, 7) is 2.06. The van der Waals surface area contributed by atoms with Crippen molar-refractivity contribution in [3.63, 3.8) is 0 Å². The van der Waals surface area contributed by atoms with E-state index in [9.17, 15) is 5.11 Å². The molecule has 3 N–H and O–H groups in total. The molecule has 1 aliphatic rings. The largest absolute Gasteiger partial charge is 0.496 e. The minimum Gasteiger partial charge on any atom is -0.496 e. The Labute approximate surface area is 109 Å². The first-order valence-corrected chi connectivity index (χ1v) is 6.64. The van der Waals surface area contributed by atoms with Gasteiger partial charge in [-0.15, -0.1) is 0 Å². The maximum absolute atomic E-state index is 10.6. The number of hydrogen-bond donors (Lipinski definition) is 2. The van der Waals surface area contributed by atoms with Crippen molar-refractivity contribution in [2.45, 2.75) is 50.7 Å². The first-order valence-electron chi connectivity index (χ1n) is 6.64. The van der Waals surface area contributed by atoms with Gasteiger partial charge in [0.2, 0.25) is 0 Å². The number of nitrogens with two attached hydrogens (primary N) is 1. The van der Waals surface area contributed by atoms with Crippen LogP contribution in [0.25, 0.3) is 0 Å². The Morgan fingerprint density at radius 3 is 2.67 bits per heavy atom. The highest BCUT2D eigenvalue weighted by atomic mass is 16.5. The van der Waals surface area contributed by atoms with E-state index in [2.05, 4.69) is 13.0 Å². The number of aliphatic hydroxyl groups is 1. The van der Waals surface area contributed by atoms with Gasteiger partial charge in [-0.3, -0.25) is 0 Å². The van der Waals surface area contributed by atoms with E-state index >= 15 is 0 Å². The van der Waals surface area contributed by atoms with Crippen LogP contribution in [-0.4, -0.2) is 23.9 Å². The van der Waals surface area contributed by atoms with Gasteiger partial charge in [0.15, 0.2) is 0 Å². The SMILES string of the molecule is COc1ccc(C)cc1CC1(O)CCC(N)CC1. The van der Waals surface area contributed by atoms with Gasteiger partial charge in [0, 0.05) is 12.5 Å². The number of benzene rings is 1. The summed E-state index contributed by atoms with van der Waals surface area (Å²) in [6.07, 6.45) is 4.04. The fraction of sp³-hybridized carbons (Fsp3) is 0.600. The van der Waals surface area contributed by atoms with Gasteiger partial charge in [-0.2, -0.15) is 0 Å². The molecule has 100 valence electrons. The van der Waals surface area contributed by atoms with Crippen LogP contribution >= 0.6 is 0 Å². The van der Waals surface area contributed by atoms with Crippen molar-refractivity contribution in [3.8, 4) is 5.75 Å². The number of methoxy groups -OCH3 is 1. The summed E-state index contributed by atoms with van der Waals surface area (Å²) in [4.78, 5) is 0. The third kappa shape index (κ3) is 3.03. The molecule has 0 bridgehead atoms. The van der Waals surface area contributed by atoms with E-state index in [0.717, 1.165) is 37.0 Å². The second-order valence-corrected chi connectivity index (χ2v) is 5.55. The monoisotopic (exact) mass is 249 g/mol. The van der Waals surface area contributed by atoms with Crippen molar-refractivity contribution in [1.29, 1.82) is 0 Å². The number of aryl methyl sites for hydroxylation is 1. The molecule has 0 saturated heterocycles. The van der Waals surface area contributed by atoms with Crippen LogP contribution in [0.2, 0.25) is 0 Å². The van der Waals surface area contributed by atoms with Crippen LogP contribution in [0.15, 0.2) is 18.2 Å². The fourth-order valence-corrected chi connectivity index (χ4v) is 2.75. The van der Waals surface area contributed by atoms with Gasteiger partial charge in [-0.1, -0.05) is 17.7 Å². The second-order valence-electron chi connectivity index (χ2n) is 5.55. The predicted octanol–water partition coefficient (Wildman–Crippen LogP) is 2.18. The molecule has 0 atom stereocenters. The Balaban J connectivity index is 2.15. The van der Waals surface area contributed by atoms with E-state index in [1.165, 1.54) is 5.56 Å². The summed E-state index contributed by atoms with van der Waals surface area (Å²) in [7, 11) is 1.68. The molecule has 0 aliphatic heterocycles. The lowest BCUT2D eigenvalue weighted by Crippen LogP contribution is -2.40. The molecule has 3 nitrogen and oxygen atoms in total. The number of ether oxygens (including phenoxy) is 1. The Bertz CT molecular complexity index is 409. The summed E-state index contributed by atoms with van der Waals surface area (Å²) in [5, 5.41) is 10.6. The Morgan fingerprint density at radius 2 is 2.06 bits per heavy atom. The molecule has 1 aliphatic carbocycles. The maximum atomic E-state index is 10.6. The molecule has 1 saturated carbocycles. The molecule has 1 aromatic rings. The lowest BCUT2D eigenvalue weighted by Gasteiger charge is -2.35. The second kappa shape index (κ2) is 5.29. The lowest BCUT2D eigenvalue weighted by molar-refractivity contribution is -0.000216. The van der Waals surface area contributed by atoms with Gasteiger partial charge in [-0.25, -0.2) is 0 Å². The van der Waals surface area contributed by atoms with Crippen molar-refractivity contribution < 1.29 is 9.84 Å². The summed E-state index contributed by atoms with van der Waals surface area (Å²) < 4.78 is 5.37. The maximum Gasteiger partial charge on any atom is 0.122 e. The zero-order valence-electron chi connectivity index (χ0n) is 11.3. The van der Waals surface area contributed by atoms with Crippen LogP contribution in [-0.2, 0) is 6.42 Å². The predicted molar refractivity (Wildman–Crippen MR) is 72.8 cm³/mol. The average molecular weight is 249 g/mol. The van der Waals surface area contributed by atoms with Crippen LogP contribution < -0.4 is 10.5 Å². The van der Waals surface area contributed by atoms with E-state index < -0.39 is 5.60 Å². The fourth-order valence-electron chi connectivity index (χ4n) is 2.75. The van der Waals surface area contributed by atoms with Crippen LogP contribution in [0.5, 0.6) is 5.75 Å². The highest BCUT2D eigenvalue weighted by Gasteiger charge is 2.32. The van der Waals surface area contributed by atoms with Crippen LogP contribution in [0, 0.1) is 6.92 Å². The first-order chi connectivity index (χ1) is 8.52. The molecular weight excluding hydrogens is 226 g/mol. The van der Waals surface area contributed by atoms with E-state index in [4.69, 9.17) is 10.5 Å². The van der Waals surface area contributed by atoms with Crippen molar-refractivity contribution in [2.75, 3.05) is 7.11 Å². The third-order valence-electron chi connectivity index (χ3n) is 3.92. The molecule has 2 rings (SSSR count). The highest BCUT2D eigenvalue weighted by molar-refractivity contribution is 5.38. The lowest BCUT2D eigenvalue weighted by atomic mass is 9.78. The van der Waals surface area contributed by atoms with Gasteiger partial charge in [0.1, 0.15) is 5.75 Å². The summed E-state index contributed by atoms with van der Waals surface area (Å²) in [6, 6.07) is 6.36. The minimum atomic E-state index is -0.614. The zero-order valence-corrected chi connectivity index (χ0v) is 11.3. The van der Waals surface area contributed by atoms with Crippen LogP contribution in [0.1, 0.15) is 36.8 Å².